The first-order valence-corrected chi connectivity index (χ1v) is 12.9. The number of aromatic nitrogens is 1. The molecular weight excluding hydrogens is 492 g/mol. The molecule has 2 saturated heterocycles. The SMILES string of the molecule is CC(C)(C)CC(NC(=O)Oc1ccoc1)C(=O)N1CCC2C1C(=O)CN2S(=O)(=O)c1ccc[n+]([O-])c1. The first kappa shape index (κ1) is 25.6. The first-order valence-electron chi connectivity index (χ1n) is 11.4. The van der Waals surface area contributed by atoms with Crippen molar-refractivity contribution in [3.63, 3.8) is 0 Å². The Bertz CT molecular complexity index is 1260. The number of nitrogens with zero attached hydrogens (tertiary/aromatic N) is 3. The zero-order chi connectivity index (χ0) is 26.3. The van der Waals surface area contributed by atoms with Gasteiger partial charge in [0.2, 0.25) is 15.9 Å². The number of ether oxygens (including phenoxy) is 1. The van der Waals surface area contributed by atoms with Gasteiger partial charge in [-0.2, -0.15) is 9.04 Å². The molecule has 2 aliphatic rings. The summed E-state index contributed by atoms with van der Waals surface area (Å²) in [6, 6.07) is 1.29. The Balaban J connectivity index is 1.54. The average molecular weight is 521 g/mol. The maximum atomic E-state index is 13.6. The van der Waals surface area contributed by atoms with Crippen LogP contribution in [0.15, 0.2) is 52.4 Å². The Kier molecular flexibility index (Phi) is 6.80. The van der Waals surface area contributed by atoms with Gasteiger partial charge in [0.05, 0.1) is 18.8 Å². The van der Waals surface area contributed by atoms with Gasteiger partial charge in [0.25, 0.3) is 0 Å². The van der Waals surface area contributed by atoms with Crippen LogP contribution in [0.2, 0.25) is 0 Å². The normalized spacial score (nSPS) is 21.3. The molecule has 12 nitrogen and oxygen atoms in total. The third-order valence-electron chi connectivity index (χ3n) is 6.13. The van der Waals surface area contributed by atoms with Crippen molar-refractivity contribution in [1.82, 2.24) is 14.5 Å². The Morgan fingerprint density at radius 2 is 2.08 bits per heavy atom. The van der Waals surface area contributed by atoms with Crippen molar-refractivity contribution < 1.29 is 36.7 Å². The maximum Gasteiger partial charge on any atom is 0.413 e. The van der Waals surface area contributed by atoms with E-state index in [1.165, 1.54) is 35.6 Å². The summed E-state index contributed by atoms with van der Waals surface area (Å²) in [6.07, 6.45) is 4.30. The summed E-state index contributed by atoms with van der Waals surface area (Å²) >= 11 is 0. The fourth-order valence-electron chi connectivity index (χ4n) is 4.66. The number of likely N-dealkylation sites (tertiary alicyclic amines) is 1. The number of ketones is 1. The van der Waals surface area contributed by atoms with Crippen LogP contribution in [0.1, 0.15) is 33.6 Å². The number of nitrogens with one attached hydrogen (secondary N) is 1. The smallest absolute Gasteiger partial charge is 0.413 e. The van der Waals surface area contributed by atoms with Crippen LogP contribution in [0.3, 0.4) is 0 Å². The minimum atomic E-state index is -4.14. The summed E-state index contributed by atoms with van der Waals surface area (Å²) in [5.41, 5.74) is -0.363. The van der Waals surface area contributed by atoms with Crippen molar-refractivity contribution in [2.24, 2.45) is 5.41 Å². The van der Waals surface area contributed by atoms with Crippen LogP contribution >= 0.6 is 0 Å². The van der Waals surface area contributed by atoms with Gasteiger partial charge in [-0.15, -0.1) is 0 Å². The largest absolute Gasteiger partial charge is 0.619 e. The highest BCUT2D eigenvalue weighted by Gasteiger charge is 2.54. The molecule has 4 rings (SSSR count). The third-order valence-corrected chi connectivity index (χ3v) is 7.98. The van der Waals surface area contributed by atoms with Crippen LogP contribution in [-0.2, 0) is 19.6 Å². The topological polar surface area (TPSA) is 153 Å². The monoisotopic (exact) mass is 520 g/mol. The second-order valence-corrected chi connectivity index (χ2v) is 11.9. The Morgan fingerprint density at radius 3 is 2.72 bits per heavy atom. The van der Waals surface area contributed by atoms with Crippen molar-refractivity contribution in [3.8, 4) is 5.75 Å². The standard InChI is InChI=1S/C23H28N4O8S/c1-23(2,3)11-17(24-22(30)35-15-7-10-34-14-15)21(29)26-9-6-18-20(26)19(28)13-27(18)36(32,33)16-5-4-8-25(31)12-16/h4-5,7-8,10,12,14,17-18,20H,6,9,11,13H2,1-3H3,(H,24,30). The van der Waals surface area contributed by atoms with E-state index in [4.69, 9.17) is 9.15 Å². The van der Waals surface area contributed by atoms with E-state index in [0.29, 0.717) is 4.73 Å². The summed E-state index contributed by atoms with van der Waals surface area (Å²) in [6.45, 7) is 5.44. The van der Waals surface area contributed by atoms with Crippen molar-refractivity contribution in [3.05, 3.63) is 48.3 Å². The van der Waals surface area contributed by atoms with E-state index in [2.05, 4.69) is 5.32 Å². The zero-order valence-electron chi connectivity index (χ0n) is 20.1. The van der Waals surface area contributed by atoms with Crippen LogP contribution in [0, 0.1) is 10.6 Å². The predicted molar refractivity (Wildman–Crippen MR) is 124 cm³/mol. The molecule has 0 radical (unpaired) electrons. The minimum absolute atomic E-state index is 0.140. The maximum absolute atomic E-state index is 13.6. The highest BCUT2D eigenvalue weighted by molar-refractivity contribution is 7.89. The average Bonchev–Trinajstić information content (AvgIpc) is 3.51. The molecular formula is C23H28N4O8S. The first-order chi connectivity index (χ1) is 16.9. The highest BCUT2D eigenvalue weighted by atomic mass is 32.2. The molecule has 2 aliphatic heterocycles. The molecule has 4 heterocycles. The van der Waals surface area contributed by atoms with Crippen molar-refractivity contribution in [2.45, 2.75) is 56.6 Å². The van der Waals surface area contributed by atoms with Gasteiger partial charge in [0, 0.05) is 18.7 Å². The second kappa shape index (κ2) is 9.54. The zero-order valence-corrected chi connectivity index (χ0v) is 20.9. The number of carbonyl (C=O) groups excluding carboxylic acids is 3. The van der Waals surface area contributed by atoms with Crippen LogP contribution in [0.4, 0.5) is 4.79 Å². The number of Topliss-reactive ketones (excluding diaryl/α,β-unsaturated/α-hetero) is 1. The highest BCUT2D eigenvalue weighted by Crippen LogP contribution is 2.35. The molecule has 2 aromatic rings. The molecule has 0 spiro atoms. The number of sulfonamides is 1. The second-order valence-electron chi connectivity index (χ2n) is 10.1. The summed E-state index contributed by atoms with van der Waals surface area (Å²) < 4.78 is 37.9. The van der Waals surface area contributed by atoms with E-state index in [9.17, 15) is 28.0 Å². The molecule has 3 unspecified atom stereocenters. The van der Waals surface area contributed by atoms with Crippen molar-refractivity contribution in [2.75, 3.05) is 13.1 Å². The molecule has 0 aromatic carbocycles. The number of amides is 2. The van der Waals surface area contributed by atoms with Gasteiger partial charge in [-0.3, -0.25) is 9.59 Å². The van der Waals surface area contributed by atoms with Crippen molar-refractivity contribution in [1.29, 1.82) is 0 Å². The molecule has 2 amide bonds. The van der Waals surface area contributed by atoms with Crippen LogP contribution in [0.5, 0.6) is 5.75 Å². The number of furan rings is 1. The molecule has 0 bridgehead atoms. The predicted octanol–water partition coefficient (Wildman–Crippen LogP) is 1.05. The molecule has 0 aliphatic carbocycles. The van der Waals surface area contributed by atoms with E-state index in [1.54, 1.807) is 0 Å². The number of rotatable bonds is 6. The van der Waals surface area contributed by atoms with Gasteiger partial charge in [-0.1, -0.05) is 20.8 Å². The molecule has 36 heavy (non-hydrogen) atoms. The van der Waals surface area contributed by atoms with Crippen LogP contribution in [-0.4, -0.2) is 66.6 Å². The summed E-state index contributed by atoms with van der Waals surface area (Å²) in [7, 11) is -4.14. The summed E-state index contributed by atoms with van der Waals surface area (Å²) in [5, 5.41) is 14.2. The molecule has 13 heteroatoms. The van der Waals surface area contributed by atoms with E-state index < -0.39 is 52.5 Å². The molecule has 2 aromatic heterocycles. The van der Waals surface area contributed by atoms with E-state index in [1.807, 2.05) is 20.8 Å². The van der Waals surface area contributed by atoms with Crippen LogP contribution < -0.4 is 14.8 Å². The van der Waals surface area contributed by atoms with E-state index in [-0.39, 0.29) is 35.4 Å². The molecule has 0 saturated carbocycles. The van der Waals surface area contributed by atoms with Crippen molar-refractivity contribution >= 4 is 27.8 Å². The van der Waals surface area contributed by atoms with Gasteiger partial charge in [0.1, 0.15) is 23.2 Å². The number of hydrogen-bond acceptors (Lipinski definition) is 8. The minimum Gasteiger partial charge on any atom is -0.619 e. The van der Waals surface area contributed by atoms with Gasteiger partial charge >= 0.3 is 6.09 Å². The van der Waals surface area contributed by atoms with Crippen LogP contribution in [0.25, 0.3) is 0 Å². The fraction of sp³-hybridized carbons (Fsp3) is 0.478. The fourth-order valence-corrected chi connectivity index (χ4v) is 6.30. The lowest BCUT2D eigenvalue weighted by molar-refractivity contribution is -0.607. The van der Waals surface area contributed by atoms with Gasteiger partial charge in [-0.25, -0.2) is 13.2 Å². The summed E-state index contributed by atoms with van der Waals surface area (Å²) in [4.78, 5) is 40.1. The number of hydrogen-bond donors (Lipinski definition) is 1. The van der Waals surface area contributed by atoms with E-state index >= 15 is 0 Å². The Morgan fingerprint density at radius 1 is 1.33 bits per heavy atom. The van der Waals surface area contributed by atoms with Gasteiger partial charge in [0.15, 0.2) is 23.9 Å². The Hall–Kier alpha value is -3.45. The van der Waals surface area contributed by atoms with Gasteiger partial charge in [-0.05, 0) is 24.3 Å². The Labute approximate surface area is 208 Å². The lowest BCUT2D eigenvalue weighted by Crippen LogP contribution is -2.54. The molecule has 1 N–H and O–H groups in total. The molecule has 194 valence electrons. The molecule has 2 fully saturated rings. The third kappa shape index (κ3) is 5.21. The molecule has 3 atom stereocenters. The quantitative estimate of drug-likeness (QED) is 0.438. The number of carbonyl (C=O) groups is 3. The lowest BCUT2D eigenvalue weighted by atomic mass is 9.87. The lowest BCUT2D eigenvalue weighted by Gasteiger charge is -2.31. The van der Waals surface area contributed by atoms with E-state index in [0.717, 1.165) is 16.7 Å². The number of pyridine rings is 1. The van der Waals surface area contributed by atoms with Gasteiger partial charge < -0.3 is 24.6 Å². The summed E-state index contributed by atoms with van der Waals surface area (Å²) in [5.74, 6) is -0.745. The number of fused-ring (bicyclic) bond motifs is 1.